The number of nitrogens with zero attached hydrogens (tertiary/aromatic N) is 2. The van der Waals surface area contributed by atoms with Gasteiger partial charge in [-0.25, -0.2) is 8.42 Å². The average Bonchev–Trinajstić information content (AvgIpc) is 2.89. The molecule has 1 aliphatic heterocycles. The van der Waals surface area contributed by atoms with Crippen LogP contribution in [-0.2, 0) is 21.4 Å². The topological polar surface area (TPSA) is 82.9 Å². The molecule has 2 heterocycles. The van der Waals surface area contributed by atoms with Crippen LogP contribution in [0.1, 0.15) is 5.76 Å². The van der Waals surface area contributed by atoms with Crippen LogP contribution in [0.25, 0.3) is 0 Å². The molecule has 0 aliphatic carbocycles. The monoisotopic (exact) mass is 301 g/mol. The summed E-state index contributed by atoms with van der Waals surface area (Å²) in [5.74, 6) is 0.620. The Bertz CT molecular complexity index is 533. The number of furan rings is 1. The molecule has 0 radical (unpaired) electrons. The van der Waals surface area contributed by atoms with Gasteiger partial charge in [-0.05, 0) is 12.1 Å². The first-order valence-electron chi connectivity index (χ1n) is 6.42. The number of hydrogen-bond donors (Lipinski definition) is 1. The van der Waals surface area contributed by atoms with Crippen LogP contribution >= 0.6 is 0 Å². The molecule has 1 saturated heterocycles. The number of sulfonamides is 1. The van der Waals surface area contributed by atoms with Crippen molar-refractivity contribution in [1.82, 2.24) is 14.5 Å². The van der Waals surface area contributed by atoms with Gasteiger partial charge in [0.1, 0.15) is 5.76 Å². The molecule has 20 heavy (non-hydrogen) atoms. The van der Waals surface area contributed by atoms with Crippen molar-refractivity contribution in [2.45, 2.75) is 6.54 Å². The summed E-state index contributed by atoms with van der Waals surface area (Å²) in [6, 6.07) is 3.57. The van der Waals surface area contributed by atoms with Crippen LogP contribution in [0, 0.1) is 0 Å². The highest BCUT2D eigenvalue weighted by Gasteiger charge is 2.24. The molecule has 2 rings (SSSR count). The highest BCUT2D eigenvalue weighted by molar-refractivity contribution is 7.88. The quantitative estimate of drug-likeness (QED) is 0.791. The molecule has 1 amide bonds. The number of hydrogen-bond acceptors (Lipinski definition) is 5. The minimum absolute atomic E-state index is 0.0887. The second-order valence-electron chi connectivity index (χ2n) is 4.79. The summed E-state index contributed by atoms with van der Waals surface area (Å²) < 4.78 is 29.3. The van der Waals surface area contributed by atoms with E-state index in [9.17, 15) is 13.2 Å². The van der Waals surface area contributed by atoms with E-state index in [1.165, 1.54) is 10.6 Å². The van der Waals surface area contributed by atoms with Gasteiger partial charge in [-0.2, -0.15) is 4.31 Å². The Morgan fingerprint density at radius 3 is 2.60 bits per heavy atom. The first kappa shape index (κ1) is 15.0. The molecule has 7 nitrogen and oxygen atoms in total. The molecule has 0 aromatic carbocycles. The minimum Gasteiger partial charge on any atom is -0.467 e. The van der Waals surface area contributed by atoms with Gasteiger partial charge in [0, 0.05) is 26.2 Å². The SMILES string of the molecule is CS(=O)(=O)N1CCN(CC(=O)NCc2ccco2)CC1. The predicted molar refractivity (Wildman–Crippen MR) is 73.4 cm³/mol. The molecule has 1 aromatic rings. The van der Waals surface area contributed by atoms with E-state index in [1.807, 2.05) is 4.90 Å². The van der Waals surface area contributed by atoms with Gasteiger partial charge in [0.15, 0.2) is 0 Å². The van der Waals surface area contributed by atoms with Crippen LogP contribution in [0.5, 0.6) is 0 Å². The van der Waals surface area contributed by atoms with E-state index in [0.29, 0.717) is 38.5 Å². The molecular weight excluding hydrogens is 282 g/mol. The lowest BCUT2D eigenvalue weighted by molar-refractivity contribution is -0.122. The molecule has 0 unspecified atom stereocenters. The zero-order valence-electron chi connectivity index (χ0n) is 11.4. The van der Waals surface area contributed by atoms with E-state index >= 15 is 0 Å². The van der Waals surface area contributed by atoms with Crippen molar-refractivity contribution >= 4 is 15.9 Å². The van der Waals surface area contributed by atoms with Crippen molar-refractivity contribution < 1.29 is 17.6 Å². The Morgan fingerprint density at radius 1 is 1.35 bits per heavy atom. The summed E-state index contributed by atoms with van der Waals surface area (Å²) in [7, 11) is -3.12. The maximum absolute atomic E-state index is 11.8. The van der Waals surface area contributed by atoms with Crippen LogP contribution in [0.15, 0.2) is 22.8 Å². The third-order valence-corrected chi connectivity index (χ3v) is 4.51. The van der Waals surface area contributed by atoms with E-state index < -0.39 is 10.0 Å². The van der Waals surface area contributed by atoms with Gasteiger partial charge in [0.05, 0.1) is 25.6 Å². The van der Waals surface area contributed by atoms with Gasteiger partial charge >= 0.3 is 0 Å². The Morgan fingerprint density at radius 2 is 2.05 bits per heavy atom. The largest absolute Gasteiger partial charge is 0.467 e. The fraction of sp³-hybridized carbons (Fsp3) is 0.583. The van der Waals surface area contributed by atoms with Gasteiger partial charge in [-0.1, -0.05) is 0 Å². The second-order valence-corrected chi connectivity index (χ2v) is 6.78. The molecule has 112 valence electrons. The fourth-order valence-corrected chi connectivity index (χ4v) is 2.90. The zero-order chi connectivity index (χ0) is 14.6. The third-order valence-electron chi connectivity index (χ3n) is 3.21. The molecule has 1 aromatic heterocycles. The van der Waals surface area contributed by atoms with Gasteiger partial charge < -0.3 is 9.73 Å². The molecule has 0 bridgehead atoms. The van der Waals surface area contributed by atoms with Gasteiger partial charge in [-0.15, -0.1) is 0 Å². The lowest BCUT2D eigenvalue weighted by Gasteiger charge is -2.32. The van der Waals surface area contributed by atoms with Crippen LogP contribution in [0.3, 0.4) is 0 Å². The molecule has 8 heteroatoms. The highest BCUT2D eigenvalue weighted by atomic mass is 32.2. The minimum atomic E-state index is -3.12. The lowest BCUT2D eigenvalue weighted by Crippen LogP contribution is -2.50. The molecule has 0 spiro atoms. The molecule has 0 saturated carbocycles. The standard InChI is InChI=1S/C12H19N3O4S/c1-20(17,18)15-6-4-14(5-7-15)10-12(16)13-9-11-3-2-8-19-11/h2-3,8H,4-7,9-10H2,1H3,(H,13,16). The van der Waals surface area contributed by atoms with Gasteiger partial charge in [0.25, 0.3) is 0 Å². The molecule has 0 atom stereocenters. The van der Waals surface area contributed by atoms with Crippen molar-refractivity contribution in [2.24, 2.45) is 0 Å². The summed E-state index contributed by atoms with van der Waals surface area (Å²) >= 11 is 0. The Labute approximate surface area is 118 Å². The summed E-state index contributed by atoms with van der Waals surface area (Å²) in [4.78, 5) is 13.7. The number of nitrogens with one attached hydrogen (secondary N) is 1. The second kappa shape index (κ2) is 6.38. The average molecular weight is 301 g/mol. The normalized spacial score (nSPS) is 18.1. The summed E-state index contributed by atoms with van der Waals surface area (Å²) in [6.45, 7) is 2.66. The van der Waals surface area contributed by atoms with E-state index in [1.54, 1.807) is 18.4 Å². The smallest absolute Gasteiger partial charge is 0.234 e. The number of piperazine rings is 1. The zero-order valence-corrected chi connectivity index (χ0v) is 12.2. The van der Waals surface area contributed by atoms with Crippen molar-refractivity contribution in [3.63, 3.8) is 0 Å². The fourth-order valence-electron chi connectivity index (χ4n) is 2.08. The van der Waals surface area contributed by atoms with E-state index in [4.69, 9.17) is 4.42 Å². The molecule has 1 aliphatic rings. The maximum Gasteiger partial charge on any atom is 0.234 e. The van der Waals surface area contributed by atoms with E-state index in [0.717, 1.165) is 0 Å². The summed E-state index contributed by atoms with van der Waals surface area (Å²) in [5, 5.41) is 2.77. The van der Waals surface area contributed by atoms with Crippen molar-refractivity contribution in [3.8, 4) is 0 Å². The molecule has 1 fully saturated rings. The number of carbonyl (C=O) groups is 1. The first-order chi connectivity index (χ1) is 9.45. The molecular formula is C12H19N3O4S. The highest BCUT2D eigenvalue weighted by Crippen LogP contribution is 2.05. The van der Waals surface area contributed by atoms with Gasteiger partial charge in [-0.3, -0.25) is 9.69 Å². The van der Waals surface area contributed by atoms with E-state index in [2.05, 4.69) is 5.32 Å². The van der Waals surface area contributed by atoms with Crippen molar-refractivity contribution in [2.75, 3.05) is 39.0 Å². The number of carbonyl (C=O) groups excluding carboxylic acids is 1. The predicted octanol–water partition coefficient (Wildman–Crippen LogP) is -0.527. The Balaban J connectivity index is 1.71. The van der Waals surface area contributed by atoms with Crippen LogP contribution in [-0.4, -0.2) is 62.5 Å². The van der Waals surface area contributed by atoms with Crippen LogP contribution in [0.4, 0.5) is 0 Å². The van der Waals surface area contributed by atoms with Crippen LogP contribution < -0.4 is 5.32 Å². The lowest BCUT2D eigenvalue weighted by atomic mass is 10.3. The van der Waals surface area contributed by atoms with Gasteiger partial charge in [0.2, 0.25) is 15.9 Å². The third kappa shape index (κ3) is 4.32. The Hall–Kier alpha value is -1.38. The van der Waals surface area contributed by atoms with Crippen molar-refractivity contribution in [3.05, 3.63) is 24.2 Å². The maximum atomic E-state index is 11.8. The van der Waals surface area contributed by atoms with Crippen LogP contribution in [0.2, 0.25) is 0 Å². The van der Waals surface area contributed by atoms with Crippen molar-refractivity contribution in [1.29, 1.82) is 0 Å². The summed E-state index contributed by atoms with van der Waals surface area (Å²) in [6.07, 6.45) is 2.77. The first-order valence-corrected chi connectivity index (χ1v) is 8.26. The number of rotatable bonds is 5. The summed E-state index contributed by atoms with van der Waals surface area (Å²) in [5.41, 5.74) is 0. The number of amides is 1. The van der Waals surface area contributed by atoms with E-state index in [-0.39, 0.29) is 12.5 Å². The molecule has 1 N–H and O–H groups in total. The Kier molecular flexibility index (Phi) is 4.79.